The summed E-state index contributed by atoms with van der Waals surface area (Å²) in [4.78, 5) is 22.0. The van der Waals surface area contributed by atoms with E-state index in [9.17, 15) is 4.79 Å². The van der Waals surface area contributed by atoms with Gasteiger partial charge in [-0.25, -0.2) is 4.98 Å². The van der Waals surface area contributed by atoms with Crippen LogP contribution >= 0.6 is 34.8 Å². The van der Waals surface area contributed by atoms with Crippen molar-refractivity contribution in [2.45, 2.75) is 26.4 Å². The lowest BCUT2D eigenvalue weighted by Gasteiger charge is -2.33. The second-order valence-electron chi connectivity index (χ2n) is 8.05. The normalized spacial score (nSPS) is 22.9. The van der Waals surface area contributed by atoms with E-state index in [1.54, 1.807) is 16.7 Å². The van der Waals surface area contributed by atoms with Gasteiger partial charge in [-0.1, -0.05) is 46.9 Å². The van der Waals surface area contributed by atoms with Crippen LogP contribution in [-0.4, -0.2) is 50.0 Å². The number of fused-ring (bicyclic) bond motifs is 1. The topological polar surface area (TPSA) is 85.8 Å². The van der Waals surface area contributed by atoms with Crippen LogP contribution in [0.2, 0.25) is 15.1 Å². The number of benzene rings is 1. The molecular weight excluding hydrogens is 501 g/mol. The van der Waals surface area contributed by atoms with Gasteiger partial charge in [0.25, 0.3) is 5.89 Å². The van der Waals surface area contributed by atoms with Crippen LogP contribution in [0.4, 0.5) is 0 Å². The monoisotopic (exact) mass is 523 g/mol. The summed E-state index contributed by atoms with van der Waals surface area (Å²) >= 11 is 19.3. The number of hydrogen-bond donors (Lipinski definition) is 0. The molecule has 8 nitrogen and oxygen atoms in total. The van der Waals surface area contributed by atoms with E-state index >= 15 is 0 Å². The zero-order valence-corrected chi connectivity index (χ0v) is 20.2. The third-order valence-corrected chi connectivity index (χ3v) is 6.26. The summed E-state index contributed by atoms with van der Waals surface area (Å²) in [6.07, 6.45) is 2.77. The Kier molecular flexibility index (Phi) is 4.77. The lowest BCUT2D eigenvalue weighted by molar-refractivity contribution is -0.139. The van der Waals surface area contributed by atoms with Gasteiger partial charge < -0.3 is 18.6 Å². The van der Waals surface area contributed by atoms with Crippen LogP contribution in [0.3, 0.4) is 0 Å². The molecule has 11 heteroatoms. The van der Waals surface area contributed by atoms with Gasteiger partial charge in [0.1, 0.15) is 17.5 Å². The number of hydrogen-bond acceptors (Lipinski definition) is 6. The molecule has 1 aliphatic rings. The molecule has 0 N–H and O–H groups in total. The zero-order chi connectivity index (χ0) is 27.6. The molecule has 34 heavy (non-hydrogen) atoms. The molecule has 0 aliphatic carbocycles. The molecular formula is C23H20Cl3N5O3. The van der Waals surface area contributed by atoms with Gasteiger partial charge in [0.05, 0.1) is 21.6 Å². The number of amides is 1. The fourth-order valence-electron chi connectivity index (χ4n) is 3.79. The fourth-order valence-corrected chi connectivity index (χ4v) is 4.55. The number of imidazole rings is 1. The number of ether oxygens (including phenoxy) is 1. The molecule has 1 aliphatic heterocycles. The summed E-state index contributed by atoms with van der Waals surface area (Å²) in [5.74, 6) is -1.98. The SMILES string of the molecule is [2H]C1(C)C[C@H](Oc2cc(Cl)c(-c3noc(-c4cn5cc(C)cc(Cl)c5n4)n3)cc2Cl)CN(C([2H])([2H])[2H])C1=O. The smallest absolute Gasteiger partial charge is 0.278 e. The first kappa shape index (κ1) is 18.5. The number of piperidine rings is 1. The number of aromatic nitrogens is 4. The summed E-state index contributed by atoms with van der Waals surface area (Å²) in [5, 5.41) is 4.82. The second kappa shape index (κ2) is 8.76. The highest BCUT2D eigenvalue weighted by molar-refractivity contribution is 6.36. The summed E-state index contributed by atoms with van der Waals surface area (Å²) in [6, 6.07) is 4.74. The molecule has 176 valence electrons. The number of rotatable bonds is 4. The summed E-state index contributed by atoms with van der Waals surface area (Å²) in [7, 11) is 0. The number of carbonyl (C=O) groups excluding carboxylic acids is 1. The van der Waals surface area contributed by atoms with E-state index in [1.165, 1.54) is 19.1 Å². The van der Waals surface area contributed by atoms with Gasteiger partial charge in [0.2, 0.25) is 11.7 Å². The molecule has 0 radical (unpaired) electrons. The predicted molar refractivity (Wildman–Crippen MR) is 130 cm³/mol. The first-order valence-electron chi connectivity index (χ1n) is 12.2. The van der Waals surface area contributed by atoms with Crippen LogP contribution in [0.25, 0.3) is 28.6 Å². The van der Waals surface area contributed by atoms with E-state index in [1.807, 2.05) is 13.1 Å². The van der Waals surface area contributed by atoms with Crippen LogP contribution in [0, 0.1) is 12.8 Å². The average Bonchev–Trinajstić information content (AvgIpc) is 3.45. The Morgan fingerprint density at radius 1 is 1.18 bits per heavy atom. The maximum Gasteiger partial charge on any atom is 0.278 e. The van der Waals surface area contributed by atoms with Crippen molar-refractivity contribution in [3.8, 4) is 28.7 Å². The van der Waals surface area contributed by atoms with E-state index in [0.29, 0.717) is 26.8 Å². The van der Waals surface area contributed by atoms with Crippen molar-refractivity contribution < 1.29 is 19.5 Å². The van der Waals surface area contributed by atoms with Crippen LogP contribution < -0.4 is 4.74 Å². The van der Waals surface area contributed by atoms with E-state index in [-0.39, 0.29) is 40.5 Å². The number of pyridine rings is 1. The van der Waals surface area contributed by atoms with Crippen molar-refractivity contribution in [2.75, 3.05) is 13.5 Å². The molecule has 0 saturated carbocycles. The minimum Gasteiger partial charge on any atom is -0.487 e. The Morgan fingerprint density at radius 3 is 2.79 bits per heavy atom. The summed E-state index contributed by atoms with van der Waals surface area (Å²) in [5.41, 5.74) is 2.28. The van der Waals surface area contributed by atoms with Gasteiger partial charge in [-0.3, -0.25) is 4.79 Å². The molecule has 1 fully saturated rings. The molecule has 1 amide bonds. The molecule has 1 saturated heterocycles. The van der Waals surface area contributed by atoms with Crippen LogP contribution in [0.15, 0.2) is 35.1 Å². The average molecular weight is 525 g/mol. The van der Waals surface area contributed by atoms with E-state index < -0.39 is 24.9 Å². The van der Waals surface area contributed by atoms with Gasteiger partial charge in [-0.05, 0) is 31.0 Å². The fraction of sp³-hybridized carbons (Fsp3) is 0.304. The molecule has 5 rings (SSSR count). The van der Waals surface area contributed by atoms with Crippen molar-refractivity contribution in [3.05, 3.63) is 51.2 Å². The summed E-state index contributed by atoms with van der Waals surface area (Å²) in [6.45, 7) is 0.343. The molecule has 1 aromatic carbocycles. The molecule has 0 bridgehead atoms. The van der Waals surface area contributed by atoms with E-state index in [0.717, 1.165) is 5.56 Å². The molecule has 4 aromatic rings. The number of nitrogens with zero attached hydrogens (tertiary/aromatic N) is 5. The lowest BCUT2D eigenvalue weighted by atomic mass is 9.97. The zero-order valence-electron chi connectivity index (χ0n) is 22.0. The first-order chi connectivity index (χ1) is 17.7. The van der Waals surface area contributed by atoms with Gasteiger partial charge >= 0.3 is 0 Å². The highest BCUT2D eigenvalue weighted by atomic mass is 35.5. The number of carbonyl (C=O) groups is 1. The minimum atomic E-state index is -2.70. The van der Waals surface area contributed by atoms with Crippen LogP contribution in [-0.2, 0) is 4.79 Å². The lowest BCUT2D eigenvalue weighted by Crippen LogP contribution is -2.46. The predicted octanol–water partition coefficient (Wildman–Crippen LogP) is 5.57. The van der Waals surface area contributed by atoms with Crippen molar-refractivity contribution >= 4 is 46.4 Å². The van der Waals surface area contributed by atoms with Crippen LogP contribution in [0.1, 0.15) is 24.4 Å². The van der Waals surface area contributed by atoms with Gasteiger partial charge in [-0.2, -0.15) is 4.98 Å². The Hall–Kier alpha value is -2.81. The molecule has 1 unspecified atom stereocenters. The van der Waals surface area contributed by atoms with E-state index in [2.05, 4.69) is 15.1 Å². The first-order valence-corrected chi connectivity index (χ1v) is 11.3. The van der Waals surface area contributed by atoms with Gasteiger partial charge in [0.15, 0.2) is 5.65 Å². The third-order valence-electron chi connectivity index (χ3n) is 5.37. The number of likely N-dealkylation sites (N-methyl/N-ethyl adjacent to an activating group) is 1. The summed E-state index contributed by atoms with van der Waals surface area (Å²) < 4.78 is 44.3. The maximum absolute atomic E-state index is 12.4. The molecule has 2 atom stereocenters. The third kappa shape index (κ3) is 4.21. The number of aryl methyl sites for hydroxylation is 1. The molecule has 4 heterocycles. The Labute approximate surface area is 216 Å². The van der Waals surface area contributed by atoms with Crippen molar-refractivity contribution in [1.82, 2.24) is 24.4 Å². The quantitative estimate of drug-likeness (QED) is 0.347. The molecule has 0 spiro atoms. The number of halogens is 3. The van der Waals surface area contributed by atoms with Crippen LogP contribution in [0.5, 0.6) is 5.75 Å². The molecule has 3 aromatic heterocycles. The number of likely N-dealkylation sites (tertiary alicyclic amines) is 1. The van der Waals surface area contributed by atoms with E-state index in [4.69, 9.17) is 49.5 Å². The Balaban J connectivity index is 1.40. The van der Waals surface area contributed by atoms with Crippen molar-refractivity contribution in [3.63, 3.8) is 0 Å². The minimum absolute atomic E-state index is 0.0229. The highest BCUT2D eigenvalue weighted by Crippen LogP contribution is 2.37. The largest absolute Gasteiger partial charge is 0.487 e. The highest BCUT2D eigenvalue weighted by Gasteiger charge is 2.31. The Morgan fingerprint density at radius 2 is 2.00 bits per heavy atom. The maximum atomic E-state index is 12.4. The van der Waals surface area contributed by atoms with Gasteiger partial charge in [0, 0.05) is 42.4 Å². The van der Waals surface area contributed by atoms with Crippen molar-refractivity contribution in [1.29, 1.82) is 0 Å². The Bertz CT molecular complexity index is 1570. The van der Waals surface area contributed by atoms with Gasteiger partial charge in [-0.15, -0.1) is 0 Å². The second-order valence-corrected chi connectivity index (χ2v) is 9.27. The standard InChI is InChI=1S/C23H20Cl3N5O3/c1-11-4-17(26)21-27-18(10-31(21)8-11)22-28-20(29-34-22)14-6-16(25)19(7-15(14)24)33-13-5-12(2)23(32)30(3)9-13/h4,6-8,10,12-13H,5,9H2,1-3H3/t12?,13-/m0/s1/i3D3,12D. The van der Waals surface area contributed by atoms with Crippen molar-refractivity contribution in [2.24, 2.45) is 5.89 Å².